The van der Waals surface area contributed by atoms with E-state index in [1.807, 2.05) is 42.2 Å². The Morgan fingerprint density at radius 1 is 1.29 bits per heavy atom. The second-order valence-corrected chi connectivity index (χ2v) is 7.11. The molecule has 1 N–H and O–H groups in total. The van der Waals surface area contributed by atoms with Gasteiger partial charge >= 0.3 is 0 Å². The van der Waals surface area contributed by atoms with Crippen LogP contribution in [0.4, 0.5) is 0 Å². The lowest BCUT2D eigenvalue weighted by Gasteiger charge is -2.24. The Bertz CT molecular complexity index is 1050. The Morgan fingerprint density at radius 3 is 2.79 bits per heavy atom. The Morgan fingerprint density at radius 2 is 2.07 bits per heavy atom. The first-order valence-corrected chi connectivity index (χ1v) is 9.63. The molecule has 0 bridgehead atoms. The molecule has 0 saturated carbocycles. The molecule has 4 rings (SSSR count). The van der Waals surface area contributed by atoms with Gasteiger partial charge in [0, 0.05) is 24.4 Å². The van der Waals surface area contributed by atoms with Gasteiger partial charge in [-0.2, -0.15) is 0 Å². The normalized spacial score (nSPS) is 16.6. The Balaban J connectivity index is 1.57. The van der Waals surface area contributed by atoms with Gasteiger partial charge in [-0.05, 0) is 37.0 Å². The molecule has 1 atom stereocenters. The molecular weight excluding hydrogens is 356 g/mol. The fraction of sp³-hybridized carbons (Fsp3) is 0.381. The number of rotatable bonds is 5. The number of aryl methyl sites for hydroxylation is 1. The monoisotopic (exact) mass is 380 g/mol. The molecule has 146 valence electrons. The largest absolute Gasteiger partial charge is 0.497 e. The molecule has 0 aliphatic carbocycles. The Hall–Kier alpha value is -3.09. The summed E-state index contributed by atoms with van der Waals surface area (Å²) in [5.41, 5.74) is 3.07. The minimum atomic E-state index is -0.123. The maximum atomic E-state index is 12.9. The van der Waals surface area contributed by atoms with Crippen LogP contribution in [0.3, 0.4) is 0 Å². The predicted octanol–water partition coefficient (Wildman–Crippen LogP) is 2.50. The highest BCUT2D eigenvalue weighted by molar-refractivity contribution is 5.79. The quantitative estimate of drug-likeness (QED) is 0.738. The molecule has 1 aliphatic rings. The van der Waals surface area contributed by atoms with Crippen LogP contribution in [-0.2, 0) is 17.6 Å². The first kappa shape index (κ1) is 18.3. The molecule has 0 radical (unpaired) electrons. The number of carbonyl (C=O) groups is 1. The predicted molar refractivity (Wildman–Crippen MR) is 106 cm³/mol. The van der Waals surface area contributed by atoms with Crippen molar-refractivity contribution >= 4 is 11.6 Å². The van der Waals surface area contributed by atoms with E-state index in [-0.39, 0.29) is 17.5 Å². The van der Waals surface area contributed by atoms with Crippen molar-refractivity contribution in [1.29, 1.82) is 0 Å². The van der Waals surface area contributed by atoms with E-state index in [4.69, 9.17) is 4.74 Å². The highest BCUT2D eigenvalue weighted by Gasteiger charge is 2.31. The zero-order valence-corrected chi connectivity index (χ0v) is 16.1. The lowest BCUT2D eigenvalue weighted by molar-refractivity contribution is -0.131. The van der Waals surface area contributed by atoms with E-state index in [2.05, 4.69) is 10.1 Å². The van der Waals surface area contributed by atoms with Crippen molar-refractivity contribution in [1.82, 2.24) is 19.5 Å². The SMILES string of the molecule is CCc1cc(=O)n2[nH]c(C3CCCN3C(=O)Cc3ccc(OC)cc3)cc2n1. The van der Waals surface area contributed by atoms with E-state index < -0.39 is 0 Å². The van der Waals surface area contributed by atoms with Crippen molar-refractivity contribution in [2.75, 3.05) is 13.7 Å². The van der Waals surface area contributed by atoms with Crippen LogP contribution in [0.5, 0.6) is 5.75 Å². The molecule has 3 heterocycles. The van der Waals surface area contributed by atoms with E-state index in [1.165, 1.54) is 4.52 Å². The van der Waals surface area contributed by atoms with Gasteiger partial charge in [0.05, 0.1) is 25.3 Å². The third-order valence-corrected chi connectivity index (χ3v) is 5.33. The van der Waals surface area contributed by atoms with Crippen LogP contribution in [0.15, 0.2) is 41.2 Å². The maximum absolute atomic E-state index is 12.9. The second-order valence-electron chi connectivity index (χ2n) is 7.11. The smallest absolute Gasteiger partial charge is 0.272 e. The minimum absolute atomic E-state index is 0.0584. The van der Waals surface area contributed by atoms with Gasteiger partial charge in [-0.25, -0.2) is 9.50 Å². The number of hydrogen-bond donors (Lipinski definition) is 1. The average molecular weight is 380 g/mol. The number of benzene rings is 1. The van der Waals surface area contributed by atoms with Crippen molar-refractivity contribution in [2.24, 2.45) is 0 Å². The number of likely N-dealkylation sites (tertiary alicyclic amines) is 1. The number of carbonyl (C=O) groups excluding carboxylic acids is 1. The Labute approximate surface area is 162 Å². The van der Waals surface area contributed by atoms with Gasteiger partial charge in [-0.15, -0.1) is 0 Å². The molecule has 1 saturated heterocycles. The summed E-state index contributed by atoms with van der Waals surface area (Å²) in [6.45, 7) is 2.69. The molecule has 1 amide bonds. The van der Waals surface area contributed by atoms with Crippen LogP contribution in [-0.4, -0.2) is 39.1 Å². The number of H-pyrrole nitrogens is 1. The van der Waals surface area contributed by atoms with E-state index in [0.717, 1.165) is 42.1 Å². The molecule has 1 aliphatic heterocycles. The van der Waals surface area contributed by atoms with Gasteiger partial charge in [0.15, 0.2) is 5.65 Å². The summed E-state index contributed by atoms with van der Waals surface area (Å²) in [5, 5.41) is 3.15. The number of nitrogens with zero attached hydrogens (tertiary/aromatic N) is 3. The summed E-state index contributed by atoms with van der Waals surface area (Å²) >= 11 is 0. The Kier molecular flexibility index (Phi) is 4.90. The molecule has 1 aromatic carbocycles. The number of ether oxygens (including phenoxy) is 1. The number of nitrogens with one attached hydrogen (secondary N) is 1. The first-order valence-electron chi connectivity index (χ1n) is 9.63. The number of methoxy groups -OCH3 is 1. The van der Waals surface area contributed by atoms with Crippen LogP contribution in [0.25, 0.3) is 5.65 Å². The lowest BCUT2D eigenvalue weighted by atomic mass is 10.1. The summed E-state index contributed by atoms with van der Waals surface area (Å²) in [6, 6.07) is 11.0. The summed E-state index contributed by atoms with van der Waals surface area (Å²) in [5.74, 6) is 0.860. The zero-order valence-electron chi connectivity index (χ0n) is 16.1. The van der Waals surface area contributed by atoms with Crippen LogP contribution in [0, 0.1) is 0 Å². The van der Waals surface area contributed by atoms with Crippen LogP contribution in [0.1, 0.15) is 42.8 Å². The standard InChI is InChI=1S/C21H24N4O3/c1-3-15-12-21(27)25-19(22-15)13-17(23-25)18-5-4-10-24(18)20(26)11-14-6-8-16(28-2)9-7-14/h6-9,12-13,18,23H,3-5,10-11H2,1-2H3. The van der Waals surface area contributed by atoms with Crippen molar-refractivity contribution in [3.8, 4) is 5.75 Å². The topological polar surface area (TPSA) is 79.7 Å². The minimum Gasteiger partial charge on any atom is -0.497 e. The maximum Gasteiger partial charge on any atom is 0.272 e. The zero-order chi connectivity index (χ0) is 19.7. The summed E-state index contributed by atoms with van der Waals surface area (Å²) < 4.78 is 6.63. The van der Waals surface area contributed by atoms with Crippen LogP contribution in [0.2, 0.25) is 0 Å². The van der Waals surface area contributed by atoms with Crippen molar-refractivity contribution in [3.05, 3.63) is 63.7 Å². The van der Waals surface area contributed by atoms with Gasteiger partial charge in [0.25, 0.3) is 5.56 Å². The fourth-order valence-corrected chi connectivity index (χ4v) is 3.82. The van der Waals surface area contributed by atoms with Crippen molar-refractivity contribution < 1.29 is 9.53 Å². The molecule has 3 aromatic rings. The summed E-state index contributed by atoms with van der Waals surface area (Å²) in [4.78, 5) is 31.6. The number of hydrogen-bond acceptors (Lipinski definition) is 4. The van der Waals surface area contributed by atoms with E-state index in [9.17, 15) is 9.59 Å². The molecule has 28 heavy (non-hydrogen) atoms. The van der Waals surface area contributed by atoms with Gasteiger partial charge in [-0.1, -0.05) is 19.1 Å². The lowest BCUT2D eigenvalue weighted by Crippen LogP contribution is -2.32. The fourth-order valence-electron chi connectivity index (χ4n) is 3.82. The third-order valence-electron chi connectivity index (χ3n) is 5.33. The summed E-state index contributed by atoms with van der Waals surface area (Å²) in [7, 11) is 1.62. The molecule has 7 heteroatoms. The highest BCUT2D eigenvalue weighted by atomic mass is 16.5. The van der Waals surface area contributed by atoms with E-state index in [0.29, 0.717) is 18.5 Å². The molecule has 1 unspecified atom stereocenters. The van der Waals surface area contributed by atoms with Crippen LogP contribution < -0.4 is 10.3 Å². The van der Waals surface area contributed by atoms with E-state index >= 15 is 0 Å². The molecule has 1 fully saturated rings. The molecule has 7 nitrogen and oxygen atoms in total. The molecule has 2 aromatic heterocycles. The number of amides is 1. The number of aromatic amines is 1. The average Bonchev–Trinajstić information content (AvgIpc) is 3.35. The van der Waals surface area contributed by atoms with Crippen molar-refractivity contribution in [2.45, 2.75) is 38.6 Å². The number of aromatic nitrogens is 3. The van der Waals surface area contributed by atoms with Gasteiger partial charge in [-0.3, -0.25) is 14.7 Å². The van der Waals surface area contributed by atoms with Gasteiger partial charge < -0.3 is 9.64 Å². The molecular formula is C21H24N4O3. The van der Waals surface area contributed by atoms with Gasteiger partial charge in [0.2, 0.25) is 5.91 Å². The third kappa shape index (κ3) is 3.40. The highest BCUT2D eigenvalue weighted by Crippen LogP contribution is 2.32. The number of fused-ring (bicyclic) bond motifs is 1. The molecule has 0 spiro atoms. The van der Waals surface area contributed by atoms with Gasteiger partial charge in [0.1, 0.15) is 5.75 Å². The summed E-state index contributed by atoms with van der Waals surface area (Å²) in [6.07, 6.45) is 2.87. The van der Waals surface area contributed by atoms with E-state index in [1.54, 1.807) is 13.2 Å². The second kappa shape index (κ2) is 7.50. The van der Waals surface area contributed by atoms with Crippen molar-refractivity contribution in [3.63, 3.8) is 0 Å². The van der Waals surface area contributed by atoms with Crippen LogP contribution >= 0.6 is 0 Å². The first-order chi connectivity index (χ1) is 13.6.